The third-order valence-electron chi connectivity index (χ3n) is 5.81. The summed E-state index contributed by atoms with van der Waals surface area (Å²) in [7, 11) is 0. The first-order valence-corrected chi connectivity index (χ1v) is 9.86. The Hall–Kier alpha value is -2.84. The lowest BCUT2D eigenvalue weighted by molar-refractivity contribution is 0.436. The van der Waals surface area contributed by atoms with E-state index in [-0.39, 0.29) is 5.41 Å². The molecule has 128 valence electrons. The fourth-order valence-corrected chi connectivity index (χ4v) is 5.19. The highest BCUT2D eigenvalue weighted by molar-refractivity contribution is 9.10. The van der Waals surface area contributed by atoms with E-state index in [2.05, 4.69) is 94.8 Å². The first-order chi connectivity index (χ1) is 13.3. The van der Waals surface area contributed by atoms with Crippen LogP contribution in [0.2, 0.25) is 0 Å². The first kappa shape index (κ1) is 15.2. The van der Waals surface area contributed by atoms with E-state index < -0.39 is 0 Å². The van der Waals surface area contributed by atoms with Gasteiger partial charge in [0, 0.05) is 15.6 Å². The number of benzene rings is 4. The molecule has 0 N–H and O–H groups in total. The summed E-state index contributed by atoms with van der Waals surface area (Å²) in [5.41, 5.74) is 7.26. The van der Waals surface area contributed by atoms with Crippen molar-refractivity contribution in [1.82, 2.24) is 0 Å². The molecule has 4 aromatic carbocycles. The van der Waals surface area contributed by atoms with Gasteiger partial charge in [0.25, 0.3) is 0 Å². The molecule has 1 nitrogen and oxygen atoms in total. The second-order valence-corrected chi connectivity index (χ2v) is 8.00. The van der Waals surface area contributed by atoms with Gasteiger partial charge >= 0.3 is 0 Å². The van der Waals surface area contributed by atoms with Gasteiger partial charge in [0.05, 0.1) is 5.41 Å². The predicted molar refractivity (Wildman–Crippen MR) is 112 cm³/mol. The molecule has 0 bridgehead atoms. The van der Waals surface area contributed by atoms with Crippen LogP contribution in [0, 0.1) is 0 Å². The summed E-state index contributed by atoms with van der Waals surface area (Å²) in [6.45, 7) is 0. The number of fused-ring (bicyclic) bond motifs is 9. The predicted octanol–water partition coefficient (Wildman–Crippen LogP) is 6.92. The van der Waals surface area contributed by atoms with Crippen LogP contribution in [0.25, 0.3) is 11.1 Å². The highest BCUT2D eigenvalue weighted by Crippen LogP contribution is 2.62. The van der Waals surface area contributed by atoms with Crippen molar-refractivity contribution in [2.75, 3.05) is 0 Å². The van der Waals surface area contributed by atoms with Crippen LogP contribution in [0.1, 0.15) is 22.3 Å². The Morgan fingerprint density at radius 2 is 1.11 bits per heavy atom. The molecule has 2 heteroatoms. The van der Waals surface area contributed by atoms with Crippen LogP contribution in [0.4, 0.5) is 0 Å². The van der Waals surface area contributed by atoms with Gasteiger partial charge in [-0.15, -0.1) is 0 Å². The maximum Gasteiger partial charge on any atom is 0.132 e. The topological polar surface area (TPSA) is 9.23 Å². The molecule has 6 rings (SSSR count). The summed E-state index contributed by atoms with van der Waals surface area (Å²) >= 11 is 3.71. The van der Waals surface area contributed by atoms with E-state index in [4.69, 9.17) is 4.74 Å². The molecule has 0 amide bonds. The monoisotopic (exact) mass is 410 g/mol. The Morgan fingerprint density at radius 1 is 0.556 bits per heavy atom. The Balaban J connectivity index is 1.87. The van der Waals surface area contributed by atoms with Crippen LogP contribution in [0.15, 0.2) is 95.5 Å². The van der Waals surface area contributed by atoms with E-state index in [0.29, 0.717) is 0 Å². The van der Waals surface area contributed by atoms with Crippen LogP contribution in [0.5, 0.6) is 11.5 Å². The maximum atomic E-state index is 6.31. The molecule has 0 saturated carbocycles. The molecule has 1 aliphatic carbocycles. The lowest BCUT2D eigenvalue weighted by Crippen LogP contribution is -2.32. The van der Waals surface area contributed by atoms with E-state index >= 15 is 0 Å². The van der Waals surface area contributed by atoms with Crippen molar-refractivity contribution in [1.29, 1.82) is 0 Å². The van der Waals surface area contributed by atoms with E-state index in [0.717, 1.165) is 16.0 Å². The molecule has 0 radical (unpaired) electrons. The SMILES string of the molecule is Brc1ccc2c(c1)C1(c3ccccc3Oc3ccccc31)c1ccccc1-2. The molecule has 27 heavy (non-hydrogen) atoms. The first-order valence-electron chi connectivity index (χ1n) is 9.07. The third-order valence-corrected chi connectivity index (χ3v) is 6.30. The molecular weight excluding hydrogens is 396 g/mol. The zero-order valence-electron chi connectivity index (χ0n) is 14.4. The van der Waals surface area contributed by atoms with Gasteiger partial charge in [0.15, 0.2) is 0 Å². The molecule has 0 saturated heterocycles. The number of hydrogen-bond acceptors (Lipinski definition) is 1. The van der Waals surface area contributed by atoms with E-state index in [1.807, 2.05) is 12.1 Å². The lowest BCUT2D eigenvalue weighted by atomic mass is 9.66. The zero-order valence-corrected chi connectivity index (χ0v) is 16.0. The van der Waals surface area contributed by atoms with Gasteiger partial charge in [-0.3, -0.25) is 0 Å². The number of hydrogen-bond donors (Lipinski definition) is 0. The minimum Gasteiger partial charge on any atom is -0.457 e. The van der Waals surface area contributed by atoms with Crippen molar-refractivity contribution in [3.8, 4) is 22.6 Å². The Bertz CT molecular complexity index is 1180. The molecule has 2 aliphatic rings. The normalized spacial score (nSPS) is 14.7. The summed E-state index contributed by atoms with van der Waals surface area (Å²) in [5, 5.41) is 0. The highest BCUT2D eigenvalue weighted by Gasteiger charge is 2.50. The summed E-state index contributed by atoms with van der Waals surface area (Å²) in [6.07, 6.45) is 0. The number of para-hydroxylation sites is 2. The zero-order chi connectivity index (χ0) is 18.0. The summed E-state index contributed by atoms with van der Waals surface area (Å²) in [6, 6.07) is 32.3. The molecule has 0 atom stereocenters. The van der Waals surface area contributed by atoms with Crippen molar-refractivity contribution in [2.24, 2.45) is 0 Å². The van der Waals surface area contributed by atoms with Crippen LogP contribution in [-0.4, -0.2) is 0 Å². The third kappa shape index (κ3) is 1.84. The Labute approximate surface area is 166 Å². The van der Waals surface area contributed by atoms with Crippen molar-refractivity contribution in [3.05, 3.63) is 118 Å². The lowest BCUT2D eigenvalue weighted by Gasteiger charge is -2.39. The maximum absolute atomic E-state index is 6.31. The van der Waals surface area contributed by atoms with Gasteiger partial charge < -0.3 is 4.74 Å². The van der Waals surface area contributed by atoms with E-state index in [1.54, 1.807) is 0 Å². The summed E-state index contributed by atoms with van der Waals surface area (Å²) in [4.78, 5) is 0. The fourth-order valence-electron chi connectivity index (χ4n) is 4.83. The van der Waals surface area contributed by atoms with Crippen molar-refractivity contribution in [3.63, 3.8) is 0 Å². The smallest absolute Gasteiger partial charge is 0.132 e. The molecular formula is C25H15BrO. The average Bonchev–Trinajstić information content (AvgIpc) is 2.99. The van der Waals surface area contributed by atoms with Gasteiger partial charge in [-0.2, -0.15) is 0 Å². The van der Waals surface area contributed by atoms with Crippen LogP contribution in [0.3, 0.4) is 0 Å². The van der Waals surface area contributed by atoms with Gasteiger partial charge in [0.2, 0.25) is 0 Å². The van der Waals surface area contributed by atoms with Crippen LogP contribution in [-0.2, 0) is 5.41 Å². The molecule has 1 spiro atoms. The van der Waals surface area contributed by atoms with E-state index in [9.17, 15) is 0 Å². The van der Waals surface area contributed by atoms with Crippen molar-refractivity contribution < 1.29 is 4.74 Å². The van der Waals surface area contributed by atoms with Gasteiger partial charge in [-0.05, 0) is 46.5 Å². The Kier molecular flexibility index (Phi) is 3.01. The number of halogens is 1. The molecule has 0 unspecified atom stereocenters. The molecule has 0 fully saturated rings. The van der Waals surface area contributed by atoms with Crippen LogP contribution < -0.4 is 4.74 Å². The van der Waals surface area contributed by atoms with Gasteiger partial charge in [-0.1, -0.05) is 82.7 Å². The minimum atomic E-state index is -0.360. The quantitative estimate of drug-likeness (QED) is 0.264. The standard InChI is InChI=1S/C25H15BrO/c26-16-13-14-18-17-7-1-2-8-19(17)25(22(18)15-16)20-9-3-5-11-23(20)27-24-12-6-4-10-21(24)25/h1-15H. The van der Waals surface area contributed by atoms with Crippen molar-refractivity contribution >= 4 is 15.9 Å². The Morgan fingerprint density at radius 3 is 1.81 bits per heavy atom. The molecule has 0 aromatic heterocycles. The molecule has 4 aromatic rings. The highest BCUT2D eigenvalue weighted by atomic mass is 79.9. The summed E-state index contributed by atoms with van der Waals surface area (Å²) < 4.78 is 7.41. The van der Waals surface area contributed by atoms with Crippen molar-refractivity contribution in [2.45, 2.75) is 5.41 Å². The van der Waals surface area contributed by atoms with Gasteiger partial charge in [-0.25, -0.2) is 0 Å². The number of ether oxygens (including phenoxy) is 1. The molecule has 1 heterocycles. The summed E-state index contributed by atoms with van der Waals surface area (Å²) in [5.74, 6) is 1.86. The largest absolute Gasteiger partial charge is 0.457 e. The second kappa shape index (κ2) is 5.34. The second-order valence-electron chi connectivity index (χ2n) is 7.08. The number of rotatable bonds is 0. The molecule has 1 aliphatic heterocycles. The van der Waals surface area contributed by atoms with Crippen LogP contribution >= 0.6 is 15.9 Å². The van der Waals surface area contributed by atoms with Gasteiger partial charge in [0.1, 0.15) is 11.5 Å². The fraction of sp³-hybridized carbons (Fsp3) is 0.0400. The average molecular weight is 411 g/mol. The van der Waals surface area contributed by atoms with E-state index in [1.165, 1.54) is 33.4 Å². The minimum absolute atomic E-state index is 0.360.